The van der Waals surface area contributed by atoms with Crippen LogP contribution >= 0.6 is 15.9 Å². The molecule has 0 unspecified atom stereocenters. The average molecular weight is 507 g/mol. The van der Waals surface area contributed by atoms with Gasteiger partial charge >= 0.3 is 0 Å². The lowest BCUT2D eigenvalue weighted by molar-refractivity contribution is 0.331. The monoisotopic (exact) mass is 506 g/mol. The molecule has 33 heavy (non-hydrogen) atoms. The molecule has 0 radical (unpaired) electrons. The molecule has 2 aromatic heterocycles. The first-order valence-corrected chi connectivity index (χ1v) is 12.7. The van der Waals surface area contributed by atoms with Crippen molar-refractivity contribution < 1.29 is 4.74 Å². The number of hydrogen-bond donors (Lipinski definition) is 2. The van der Waals surface area contributed by atoms with Crippen LogP contribution in [0.25, 0.3) is 21.8 Å². The fourth-order valence-corrected chi connectivity index (χ4v) is 5.20. The zero-order valence-corrected chi connectivity index (χ0v) is 20.7. The molecule has 1 fully saturated rings. The van der Waals surface area contributed by atoms with Gasteiger partial charge in [0.15, 0.2) is 0 Å². The summed E-state index contributed by atoms with van der Waals surface area (Å²) in [6, 6.07) is 16.8. The number of halogens is 1. The Bertz CT molecular complexity index is 1250. The molecule has 3 heterocycles. The van der Waals surface area contributed by atoms with Crippen LogP contribution in [0.4, 0.5) is 5.82 Å². The minimum absolute atomic E-state index is 0.760. The van der Waals surface area contributed by atoms with Crippen molar-refractivity contribution in [2.45, 2.75) is 32.1 Å². The predicted molar refractivity (Wildman–Crippen MR) is 140 cm³/mol. The summed E-state index contributed by atoms with van der Waals surface area (Å²) in [6.45, 7) is 4.68. The normalized spacial score (nSPS) is 14.4. The molecule has 5 nitrogen and oxygen atoms in total. The highest BCUT2D eigenvalue weighted by atomic mass is 79.9. The molecule has 1 aliphatic heterocycles. The van der Waals surface area contributed by atoms with Crippen molar-refractivity contribution in [2.24, 2.45) is 0 Å². The lowest BCUT2D eigenvalue weighted by Gasteiger charge is -2.14. The lowest BCUT2D eigenvalue weighted by atomic mass is 10.1. The number of methoxy groups -OCH3 is 1. The van der Waals surface area contributed by atoms with Gasteiger partial charge in [0.1, 0.15) is 11.6 Å². The minimum atomic E-state index is 0.760. The van der Waals surface area contributed by atoms with Crippen LogP contribution in [0, 0.1) is 0 Å². The number of nitrogens with one attached hydrogen (secondary N) is 2. The van der Waals surface area contributed by atoms with Gasteiger partial charge < -0.3 is 19.9 Å². The van der Waals surface area contributed by atoms with Crippen LogP contribution in [-0.4, -0.2) is 48.2 Å². The maximum atomic E-state index is 5.40. The van der Waals surface area contributed by atoms with Crippen LogP contribution in [0.1, 0.15) is 36.9 Å². The largest absolute Gasteiger partial charge is 0.497 e. The number of aromatic nitrogens is 2. The number of nitrogens with zero attached hydrogens (tertiary/aromatic N) is 2. The van der Waals surface area contributed by atoms with E-state index in [1.807, 2.05) is 12.1 Å². The Morgan fingerprint density at radius 2 is 1.94 bits per heavy atom. The fraction of sp³-hybridized carbons (Fsp3) is 0.370. The molecule has 0 atom stereocenters. The molecule has 2 N–H and O–H groups in total. The van der Waals surface area contributed by atoms with Gasteiger partial charge in [-0.3, -0.25) is 0 Å². The summed E-state index contributed by atoms with van der Waals surface area (Å²) in [6.07, 6.45) is 5.85. The second kappa shape index (κ2) is 10.1. The van der Waals surface area contributed by atoms with Crippen molar-refractivity contribution in [1.82, 2.24) is 14.9 Å². The number of anilines is 1. The van der Waals surface area contributed by atoms with E-state index in [1.54, 1.807) is 7.11 Å². The summed E-state index contributed by atoms with van der Waals surface area (Å²) < 4.78 is 6.48. The van der Waals surface area contributed by atoms with E-state index in [9.17, 15) is 0 Å². The highest BCUT2D eigenvalue weighted by Crippen LogP contribution is 2.33. The topological polar surface area (TPSA) is 53.2 Å². The first kappa shape index (κ1) is 22.2. The molecule has 0 bridgehead atoms. The maximum Gasteiger partial charge on any atom is 0.136 e. The number of aromatic amines is 1. The number of rotatable bonds is 9. The molecule has 0 spiro atoms. The maximum absolute atomic E-state index is 5.40. The third-order valence-electron chi connectivity index (χ3n) is 6.50. The van der Waals surface area contributed by atoms with Gasteiger partial charge in [-0.25, -0.2) is 4.98 Å². The van der Waals surface area contributed by atoms with Gasteiger partial charge in [-0.2, -0.15) is 0 Å². The SMILES string of the molecule is COc1cccc(Cc2cc3[nH]c4cc(Br)ccc4c3c(NCCCCN3CCCC3)n2)c1. The van der Waals surface area contributed by atoms with Crippen LogP contribution in [0.5, 0.6) is 5.75 Å². The highest BCUT2D eigenvalue weighted by molar-refractivity contribution is 9.10. The van der Waals surface area contributed by atoms with E-state index < -0.39 is 0 Å². The zero-order chi connectivity index (χ0) is 22.6. The Morgan fingerprint density at radius 1 is 1.06 bits per heavy atom. The lowest BCUT2D eigenvalue weighted by Crippen LogP contribution is -2.21. The minimum Gasteiger partial charge on any atom is -0.497 e. The van der Waals surface area contributed by atoms with Crippen LogP contribution < -0.4 is 10.1 Å². The second-order valence-corrected chi connectivity index (χ2v) is 9.83. The second-order valence-electron chi connectivity index (χ2n) is 8.91. The molecular weight excluding hydrogens is 476 g/mol. The zero-order valence-electron chi connectivity index (χ0n) is 19.2. The van der Waals surface area contributed by atoms with Crippen LogP contribution in [0.2, 0.25) is 0 Å². The summed E-state index contributed by atoms with van der Waals surface area (Å²) in [5.74, 6) is 1.85. The number of benzene rings is 2. The van der Waals surface area contributed by atoms with E-state index in [1.165, 1.54) is 55.2 Å². The number of likely N-dealkylation sites (tertiary alicyclic amines) is 1. The van der Waals surface area contributed by atoms with Gasteiger partial charge in [-0.1, -0.05) is 34.1 Å². The third-order valence-corrected chi connectivity index (χ3v) is 7.00. The molecule has 4 aromatic rings. The summed E-state index contributed by atoms with van der Waals surface area (Å²) in [5.41, 5.74) is 4.48. The van der Waals surface area contributed by atoms with Crippen LogP contribution in [-0.2, 0) is 6.42 Å². The Kier molecular flexibility index (Phi) is 6.83. The van der Waals surface area contributed by atoms with Gasteiger partial charge in [0, 0.05) is 39.4 Å². The number of ether oxygens (including phenoxy) is 1. The van der Waals surface area contributed by atoms with Crippen molar-refractivity contribution in [1.29, 1.82) is 0 Å². The Labute approximate surface area is 203 Å². The van der Waals surface area contributed by atoms with Crippen molar-refractivity contribution >= 4 is 43.6 Å². The molecule has 1 saturated heterocycles. The molecule has 6 heteroatoms. The Balaban J connectivity index is 1.40. The summed E-state index contributed by atoms with van der Waals surface area (Å²) in [7, 11) is 1.71. The van der Waals surface area contributed by atoms with Crippen LogP contribution in [0.3, 0.4) is 0 Å². The van der Waals surface area contributed by atoms with E-state index >= 15 is 0 Å². The molecule has 5 rings (SSSR count). The van der Waals surface area contributed by atoms with Gasteiger partial charge in [0.2, 0.25) is 0 Å². The average Bonchev–Trinajstić information content (AvgIpc) is 3.46. The molecule has 1 aliphatic rings. The van der Waals surface area contributed by atoms with E-state index in [2.05, 4.69) is 67.5 Å². The molecule has 0 saturated carbocycles. The quantitative estimate of drug-likeness (QED) is 0.259. The third kappa shape index (κ3) is 5.17. The summed E-state index contributed by atoms with van der Waals surface area (Å²) >= 11 is 3.60. The molecular formula is C27H31BrN4O. The van der Waals surface area contributed by atoms with Crippen LogP contribution in [0.15, 0.2) is 53.0 Å². The van der Waals surface area contributed by atoms with Crippen molar-refractivity contribution in [2.75, 3.05) is 38.6 Å². The highest BCUT2D eigenvalue weighted by Gasteiger charge is 2.14. The molecule has 172 valence electrons. The van der Waals surface area contributed by atoms with Gasteiger partial charge in [-0.15, -0.1) is 0 Å². The fourth-order valence-electron chi connectivity index (χ4n) is 4.84. The van der Waals surface area contributed by atoms with E-state index in [0.29, 0.717) is 0 Å². The summed E-state index contributed by atoms with van der Waals surface area (Å²) in [5, 5.41) is 6.04. The van der Waals surface area contributed by atoms with Gasteiger partial charge in [0.05, 0.1) is 12.6 Å². The number of pyridine rings is 1. The molecule has 0 aliphatic carbocycles. The number of unbranched alkanes of at least 4 members (excludes halogenated alkanes) is 1. The predicted octanol–water partition coefficient (Wildman–Crippen LogP) is 6.37. The standard InChI is InChI=1S/C27H31BrN4O/c1-33-22-8-6-7-19(16-22)15-21-18-25-26(23-10-9-20(28)17-24(23)31-25)27(30-21)29-11-2-3-12-32-13-4-5-14-32/h6-10,16-18,31H,2-5,11-15H2,1H3,(H,29,30). The molecule has 2 aromatic carbocycles. The van der Waals surface area contributed by atoms with Crippen molar-refractivity contribution in [3.63, 3.8) is 0 Å². The first-order chi connectivity index (χ1) is 16.2. The summed E-state index contributed by atoms with van der Waals surface area (Å²) in [4.78, 5) is 11.3. The van der Waals surface area contributed by atoms with E-state index in [0.717, 1.165) is 52.2 Å². The van der Waals surface area contributed by atoms with Crippen molar-refractivity contribution in [3.8, 4) is 5.75 Å². The van der Waals surface area contributed by atoms with Gasteiger partial charge in [-0.05, 0) is 81.2 Å². The number of H-pyrrole nitrogens is 1. The molecule has 0 amide bonds. The van der Waals surface area contributed by atoms with E-state index in [-0.39, 0.29) is 0 Å². The number of hydrogen-bond acceptors (Lipinski definition) is 4. The van der Waals surface area contributed by atoms with E-state index in [4.69, 9.17) is 9.72 Å². The Morgan fingerprint density at radius 3 is 2.79 bits per heavy atom. The number of fused-ring (bicyclic) bond motifs is 3. The Hall–Kier alpha value is -2.57. The smallest absolute Gasteiger partial charge is 0.136 e. The first-order valence-electron chi connectivity index (χ1n) is 11.9. The van der Waals surface area contributed by atoms with Gasteiger partial charge in [0.25, 0.3) is 0 Å². The van der Waals surface area contributed by atoms with Crippen molar-refractivity contribution in [3.05, 3.63) is 64.3 Å².